The fraction of sp³-hybridized carbons (Fsp3) is 0.441. The highest BCUT2D eigenvalue weighted by Gasteiger charge is 2.40. The van der Waals surface area contributed by atoms with Crippen molar-refractivity contribution in [2.24, 2.45) is 5.41 Å². The number of rotatable bonds is 22. The van der Waals surface area contributed by atoms with Crippen molar-refractivity contribution in [1.29, 1.82) is 0 Å². The molecule has 80 heavy (non-hydrogen) atoms. The summed E-state index contributed by atoms with van der Waals surface area (Å²) in [6.07, 6.45) is 1.17. The number of esters is 2. The van der Waals surface area contributed by atoms with Gasteiger partial charge in [-0.05, 0) is 107 Å². The van der Waals surface area contributed by atoms with Gasteiger partial charge in [0.2, 0.25) is 18.6 Å². The van der Waals surface area contributed by atoms with Crippen LogP contribution < -0.4 is 14.8 Å². The number of ether oxygens (including phenoxy) is 6. The van der Waals surface area contributed by atoms with Crippen molar-refractivity contribution in [3.8, 4) is 22.6 Å². The summed E-state index contributed by atoms with van der Waals surface area (Å²) < 4.78 is 52.7. The molecule has 0 radical (unpaired) electrons. The molecule has 1 unspecified atom stereocenters. The lowest BCUT2D eigenvalue weighted by molar-refractivity contribution is -0.161. The first kappa shape index (κ1) is 57.3. The monoisotopic (exact) mass is 1120 g/mol. The Labute approximate surface area is 468 Å². The average Bonchev–Trinajstić information content (AvgIpc) is 4.13. The molecule has 6 aromatic rings. The van der Waals surface area contributed by atoms with Crippen LogP contribution in [0.4, 0.5) is 4.39 Å². The molecule has 4 amide bonds. The van der Waals surface area contributed by atoms with Crippen molar-refractivity contribution in [3.63, 3.8) is 0 Å². The summed E-state index contributed by atoms with van der Waals surface area (Å²) in [5.41, 5.74) is 4.77. The van der Waals surface area contributed by atoms with E-state index < -0.39 is 36.1 Å². The van der Waals surface area contributed by atoms with E-state index in [1.54, 1.807) is 57.0 Å². The van der Waals surface area contributed by atoms with Crippen molar-refractivity contribution < 1.29 is 61.6 Å². The van der Waals surface area contributed by atoms with E-state index in [1.807, 2.05) is 53.4 Å². The first-order valence-corrected chi connectivity index (χ1v) is 27.3. The zero-order valence-electron chi connectivity index (χ0n) is 46.0. The van der Waals surface area contributed by atoms with Gasteiger partial charge in [-0.2, -0.15) is 5.10 Å². The summed E-state index contributed by atoms with van der Waals surface area (Å²) in [5, 5.41) is 9.91. The fourth-order valence-corrected chi connectivity index (χ4v) is 10.9. The number of carbonyl (C=O) groups is 6. The van der Waals surface area contributed by atoms with E-state index in [1.165, 1.54) is 17.0 Å². The number of fused-ring (bicyclic) bond motifs is 3. The number of halogens is 2. The topological polar surface area (TPSA) is 202 Å². The first-order chi connectivity index (χ1) is 38.4. The molecule has 2 saturated heterocycles. The van der Waals surface area contributed by atoms with Crippen LogP contribution in [0.5, 0.6) is 11.5 Å². The number of imide groups is 1. The van der Waals surface area contributed by atoms with Gasteiger partial charge in [0.1, 0.15) is 29.1 Å². The molecule has 3 aliphatic rings. The minimum Gasteiger partial charge on any atom is -0.493 e. The van der Waals surface area contributed by atoms with Crippen molar-refractivity contribution in [2.45, 2.75) is 86.0 Å². The Morgan fingerprint density at radius 2 is 1.60 bits per heavy atom. The van der Waals surface area contributed by atoms with Gasteiger partial charge in [0.05, 0.1) is 61.2 Å². The molecule has 424 valence electrons. The predicted molar refractivity (Wildman–Crippen MR) is 295 cm³/mol. The zero-order chi connectivity index (χ0) is 56.8. The Morgan fingerprint density at radius 3 is 2.36 bits per heavy atom. The smallest absolute Gasteiger partial charge is 0.358 e. The summed E-state index contributed by atoms with van der Waals surface area (Å²) in [4.78, 5) is 84.7. The molecule has 0 aliphatic carbocycles. The third kappa shape index (κ3) is 12.5. The molecular formula is C59H67ClFN7O12. The lowest BCUT2D eigenvalue weighted by Crippen LogP contribution is -2.52. The maximum absolute atomic E-state index is 14.8. The van der Waals surface area contributed by atoms with Crippen LogP contribution in [0.25, 0.3) is 32.8 Å². The summed E-state index contributed by atoms with van der Waals surface area (Å²) in [6, 6.07) is 18.0. The van der Waals surface area contributed by atoms with E-state index in [4.69, 9.17) is 45.1 Å². The van der Waals surface area contributed by atoms with Crippen LogP contribution in [0.2, 0.25) is 5.02 Å². The lowest BCUT2D eigenvalue weighted by atomic mass is 9.98. The van der Waals surface area contributed by atoms with Gasteiger partial charge in [-0.3, -0.25) is 38.9 Å². The highest BCUT2D eigenvalue weighted by atomic mass is 35.5. The number of piperidine rings is 1. The molecule has 2 fully saturated rings. The van der Waals surface area contributed by atoms with Crippen molar-refractivity contribution in [2.75, 3.05) is 79.7 Å². The van der Waals surface area contributed by atoms with Gasteiger partial charge in [-0.15, -0.1) is 0 Å². The molecule has 19 nitrogen and oxygen atoms in total. The average molecular weight is 1120 g/mol. The predicted octanol–water partition coefficient (Wildman–Crippen LogP) is 7.43. The number of aromatic nitrogens is 3. The van der Waals surface area contributed by atoms with Gasteiger partial charge in [-0.25, -0.2) is 9.18 Å². The van der Waals surface area contributed by atoms with E-state index in [-0.39, 0.29) is 68.4 Å². The van der Waals surface area contributed by atoms with Crippen molar-refractivity contribution in [1.82, 2.24) is 34.4 Å². The SMILES string of the molecule is COCCOCCn1nc(C)c(-c2c(Cl)ccc3c(CCCOc4cccc5cc(F)ccc45)c(C(=O)OCOC(=O)C(C)(C)C)n(CCN4CCN(C(=O)COc5cccc6c5CN(C5CCC(=O)NC5=O)C6=O)CC4)c23)c1C. The second-order valence-corrected chi connectivity index (χ2v) is 21.6. The molecule has 21 heteroatoms. The van der Waals surface area contributed by atoms with Gasteiger partial charge >= 0.3 is 11.9 Å². The van der Waals surface area contributed by atoms with Crippen LogP contribution >= 0.6 is 11.6 Å². The Balaban J connectivity index is 0.973. The number of benzene rings is 4. The van der Waals surface area contributed by atoms with Gasteiger partial charge in [0.25, 0.3) is 11.8 Å². The molecule has 4 aromatic carbocycles. The third-order valence-electron chi connectivity index (χ3n) is 14.9. The number of carbonyl (C=O) groups excluding carboxylic acids is 6. The molecular weight excluding hydrogens is 1050 g/mol. The Morgan fingerprint density at radius 1 is 0.838 bits per heavy atom. The second kappa shape index (κ2) is 25.0. The lowest BCUT2D eigenvalue weighted by Gasteiger charge is -2.35. The summed E-state index contributed by atoms with van der Waals surface area (Å²) in [6.45, 7) is 12.8. The quantitative estimate of drug-likeness (QED) is 0.0304. The van der Waals surface area contributed by atoms with Crippen LogP contribution in [0, 0.1) is 25.1 Å². The van der Waals surface area contributed by atoms with Gasteiger partial charge in [-0.1, -0.05) is 35.9 Å². The van der Waals surface area contributed by atoms with Crippen LogP contribution in [0.1, 0.15) is 83.4 Å². The first-order valence-electron chi connectivity index (χ1n) is 26.9. The highest BCUT2D eigenvalue weighted by molar-refractivity contribution is 6.35. The number of aryl methyl sites for hydroxylation is 2. The standard InChI is InChI=1S/C59H67ClFN7O12/c1-36-51(37(2)68(63-36)27-29-76-31-30-75-6)52-45(60)18-17-42-41(12-9-28-77-47-13-7-10-38-32-39(61)15-16-40(38)47)54(57(73)79-35-80-58(74)59(3,4)5)66(53(42)52)26-23-64-21-24-65(25-22-64)50(70)34-78-48-14-8-11-43-44(48)33-67(56(43)72)46-19-20-49(69)62-55(46)71/h7-8,10-11,13-18,32,46H,9,12,19-31,33-35H2,1-6H3,(H,62,69,71). The molecule has 0 spiro atoms. The largest absolute Gasteiger partial charge is 0.493 e. The fourth-order valence-electron chi connectivity index (χ4n) is 10.7. The summed E-state index contributed by atoms with van der Waals surface area (Å²) in [5.74, 6) is -2.09. The minimum atomic E-state index is -0.846. The van der Waals surface area contributed by atoms with Crippen LogP contribution in [-0.4, -0.2) is 150 Å². The number of amides is 4. The minimum absolute atomic E-state index is 0.109. The summed E-state index contributed by atoms with van der Waals surface area (Å²) in [7, 11) is 1.62. The number of methoxy groups -OCH3 is 1. The number of nitrogens with zero attached hydrogens (tertiary/aromatic N) is 6. The summed E-state index contributed by atoms with van der Waals surface area (Å²) >= 11 is 7.31. The van der Waals surface area contributed by atoms with E-state index in [9.17, 15) is 33.2 Å². The number of hydrogen-bond donors (Lipinski definition) is 1. The Bertz CT molecular complexity index is 3340. The van der Waals surface area contributed by atoms with Gasteiger partial charge < -0.3 is 42.8 Å². The number of piperazine rings is 1. The molecule has 5 heterocycles. The molecule has 2 aromatic heterocycles. The number of nitrogens with one attached hydrogen (secondary N) is 1. The molecule has 1 N–H and O–H groups in total. The van der Waals surface area contributed by atoms with E-state index in [0.29, 0.717) is 127 Å². The molecule has 0 saturated carbocycles. The van der Waals surface area contributed by atoms with Gasteiger partial charge in [0.15, 0.2) is 6.61 Å². The van der Waals surface area contributed by atoms with Crippen molar-refractivity contribution in [3.05, 3.63) is 111 Å². The van der Waals surface area contributed by atoms with E-state index in [0.717, 1.165) is 22.0 Å². The third-order valence-corrected chi connectivity index (χ3v) is 15.2. The Hall–Kier alpha value is -7.39. The maximum atomic E-state index is 14.8. The van der Waals surface area contributed by atoms with Crippen LogP contribution in [0.3, 0.4) is 0 Å². The second-order valence-electron chi connectivity index (χ2n) is 21.2. The molecule has 9 rings (SSSR count). The maximum Gasteiger partial charge on any atom is 0.358 e. The highest BCUT2D eigenvalue weighted by Crippen LogP contribution is 2.43. The number of hydrogen-bond acceptors (Lipinski definition) is 14. The molecule has 3 aliphatic heterocycles. The van der Waals surface area contributed by atoms with E-state index >= 15 is 0 Å². The van der Waals surface area contributed by atoms with Gasteiger partial charge in [0, 0.05) is 91.5 Å². The van der Waals surface area contributed by atoms with Crippen LogP contribution in [-0.2, 0) is 64.2 Å². The zero-order valence-corrected chi connectivity index (χ0v) is 46.8. The van der Waals surface area contributed by atoms with E-state index in [2.05, 4.69) is 10.2 Å². The molecule has 1 atom stereocenters. The normalized spacial score (nSPS) is 15.9. The Kier molecular flexibility index (Phi) is 17.9. The van der Waals surface area contributed by atoms with Crippen LogP contribution in [0.15, 0.2) is 66.7 Å². The van der Waals surface area contributed by atoms with Crippen molar-refractivity contribution >= 4 is 68.8 Å². The molecule has 0 bridgehead atoms.